The Morgan fingerprint density at radius 3 is 2.51 bits per heavy atom. The standard InChI is InChI=1S/C26H29BrN2O6/c1-4-17(3)35-25(32)20(24(30)31)14-29(23-13-21(23)27)22-12-19(11-10-16(22)2)28-26(33)34-15-18-8-6-5-7-9-18/h5-12,14,17,21,23H,4,13,15H2,1-3H3,(H,28,33)(H,30,31). The zero-order chi connectivity index (χ0) is 25.5. The average molecular weight is 545 g/mol. The van der Waals surface area contributed by atoms with Gasteiger partial charge in [-0.2, -0.15) is 0 Å². The van der Waals surface area contributed by atoms with Gasteiger partial charge in [-0.05, 0) is 49.9 Å². The number of ether oxygens (including phenoxy) is 2. The molecule has 1 aliphatic carbocycles. The molecule has 0 radical (unpaired) electrons. The van der Waals surface area contributed by atoms with Gasteiger partial charge in [0.05, 0.1) is 6.10 Å². The number of aliphatic carboxylic acids is 1. The Hall–Kier alpha value is -3.33. The zero-order valence-corrected chi connectivity index (χ0v) is 21.4. The number of rotatable bonds is 10. The van der Waals surface area contributed by atoms with E-state index in [1.54, 1.807) is 24.0 Å². The highest BCUT2D eigenvalue weighted by Gasteiger charge is 2.41. The first-order valence-electron chi connectivity index (χ1n) is 11.4. The number of hydrogen-bond acceptors (Lipinski definition) is 6. The second kappa shape index (κ2) is 11.9. The number of nitrogens with one attached hydrogen (secondary N) is 1. The molecule has 1 amide bonds. The summed E-state index contributed by atoms with van der Waals surface area (Å²) in [7, 11) is 0. The fourth-order valence-electron chi connectivity index (χ4n) is 3.29. The number of halogens is 1. The predicted molar refractivity (Wildman–Crippen MR) is 137 cm³/mol. The number of carbonyl (C=O) groups excluding carboxylic acids is 2. The summed E-state index contributed by atoms with van der Waals surface area (Å²) in [6.07, 6.45) is 1.64. The second-order valence-electron chi connectivity index (χ2n) is 8.39. The number of carboxylic acid groups (broad SMARTS) is 1. The highest BCUT2D eigenvalue weighted by molar-refractivity contribution is 9.09. The third kappa shape index (κ3) is 7.32. The molecule has 3 atom stereocenters. The minimum atomic E-state index is -1.37. The molecule has 3 rings (SSSR count). The van der Waals surface area contributed by atoms with Crippen LogP contribution in [0.1, 0.15) is 37.8 Å². The number of carboxylic acids is 1. The molecule has 35 heavy (non-hydrogen) atoms. The van der Waals surface area contributed by atoms with Crippen molar-refractivity contribution in [1.82, 2.24) is 0 Å². The molecular formula is C26H29BrN2O6. The van der Waals surface area contributed by atoms with Crippen LogP contribution in [0.2, 0.25) is 0 Å². The molecule has 0 spiro atoms. The van der Waals surface area contributed by atoms with Crippen molar-refractivity contribution in [3.63, 3.8) is 0 Å². The van der Waals surface area contributed by atoms with E-state index >= 15 is 0 Å². The van der Waals surface area contributed by atoms with Crippen LogP contribution in [0.5, 0.6) is 0 Å². The number of carbonyl (C=O) groups is 3. The lowest BCUT2D eigenvalue weighted by atomic mass is 10.1. The van der Waals surface area contributed by atoms with Gasteiger partial charge in [-0.1, -0.05) is 59.3 Å². The third-order valence-corrected chi connectivity index (χ3v) is 6.57. The van der Waals surface area contributed by atoms with Crippen LogP contribution in [0.25, 0.3) is 0 Å². The van der Waals surface area contributed by atoms with E-state index in [4.69, 9.17) is 9.47 Å². The van der Waals surface area contributed by atoms with E-state index in [9.17, 15) is 19.5 Å². The summed E-state index contributed by atoms with van der Waals surface area (Å²) < 4.78 is 10.5. The highest BCUT2D eigenvalue weighted by Crippen LogP contribution is 2.40. The lowest BCUT2D eigenvalue weighted by molar-refractivity contribution is -0.147. The van der Waals surface area contributed by atoms with Crippen molar-refractivity contribution in [2.75, 3.05) is 10.2 Å². The van der Waals surface area contributed by atoms with Crippen molar-refractivity contribution < 1.29 is 29.0 Å². The predicted octanol–water partition coefficient (Wildman–Crippen LogP) is 5.40. The lowest BCUT2D eigenvalue weighted by Gasteiger charge is -2.24. The molecule has 0 aromatic heterocycles. The van der Waals surface area contributed by atoms with Crippen LogP contribution in [0.3, 0.4) is 0 Å². The summed E-state index contributed by atoms with van der Waals surface area (Å²) in [5, 5.41) is 12.4. The van der Waals surface area contributed by atoms with Crippen LogP contribution in [-0.4, -0.2) is 40.1 Å². The van der Waals surface area contributed by atoms with Crippen molar-refractivity contribution in [2.24, 2.45) is 0 Å². The van der Waals surface area contributed by atoms with E-state index in [0.717, 1.165) is 17.5 Å². The minimum Gasteiger partial charge on any atom is -0.477 e. The van der Waals surface area contributed by atoms with E-state index in [1.807, 2.05) is 50.2 Å². The molecule has 2 aromatic carbocycles. The molecule has 186 valence electrons. The highest BCUT2D eigenvalue weighted by atomic mass is 79.9. The summed E-state index contributed by atoms with van der Waals surface area (Å²) in [4.78, 5) is 38.7. The SMILES string of the molecule is CCC(C)OC(=O)C(=CN(c1cc(NC(=O)OCc2ccccc2)ccc1C)C1CC1Br)C(=O)O. The maximum atomic E-state index is 12.5. The number of nitrogens with zero attached hydrogens (tertiary/aromatic N) is 1. The summed E-state index contributed by atoms with van der Waals surface area (Å²) in [5.74, 6) is -2.26. The normalized spacial score (nSPS) is 17.8. The van der Waals surface area contributed by atoms with Crippen molar-refractivity contribution in [1.29, 1.82) is 0 Å². The van der Waals surface area contributed by atoms with Crippen LogP contribution in [0.15, 0.2) is 60.3 Å². The number of esters is 1. The van der Waals surface area contributed by atoms with Crippen LogP contribution < -0.4 is 10.2 Å². The summed E-state index contributed by atoms with van der Waals surface area (Å²) in [5.41, 5.74) is 2.39. The quantitative estimate of drug-likeness (QED) is 0.136. The first-order chi connectivity index (χ1) is 16.7. The van der Waals surface area contributed by atoms with Crippen LogP contribution in [0.4, 0.5) is 16.2 Å². The Morgan fingerprint density at radius 2 is 1.91 bits per heavy atom. The number of anilines is 2. The van der Waals surface area contributed by atoms with Crippen molar-refractivity contribution >= 4 is 45.3 Å². The molecule has 3 unspecified atom stereocenters. The topological polar surface area (TPSA) is 105 Å². The average Bonchev–Trinajstić information content (AvgIpc) is 3.56. The molecular weight excluding hydrogens is 516 g/mol. The maximum Gasteiger partial charge on any atom is 0.411 e. The Labute approximate surface area is 213 Å². The van der Waals surface area contributed by atoms with Gasteiger partial charge in [-0.15, -0.1) is 0 Å². The van der Waals surface area contributed by atoms with Crippen LogP contribution in [-0.2, 0) is 25.7 Å². The van der Waals surface area contributed by atoms with Gasteiger partial charge >= 0.3 is 18.0 Å². The van der Waals surface area contributed by atoms with E-state index in [2.05, 4.69) is 21.2 Å². The molecule has 8 nitrogen and oxygen atoms in total. The van der Waals surface area contributed by atoms with Gasteiger partial charge in [0.25, 0.3) is 0 Å². The molecule has 1 fully saturated rings. The molecule has 0 saturated heterocycles. The molecule has 0 aliphatic heterocycles. The molecule has 2 aromatic rings. The monoisotopic (exact) mass is 544 g/mol. The van der Waals surface area contributed by atoms with Gasteiger partial charge in [-0.25, -0.2) is 14.4 Å². The fourth-order valence-corrected chi connectivity index (χ4v) is 3.93. The Morgan fingerprint density at radius 1 is 1.23 bits per heavy atom. The van der Waals surface area contributed by atoms with Gasteiger partial charge in [0.1, 0.15) is 6.61 Å². The molecule has 1 aliphatic rings. The molecule has 2 N–H and O–H groups in total. The minimum absolute atomic E-state index is 0.0558. The Kier molecular flexibility index (Phi) is 8.92. The molecule has 9 heteroatoms. The first kappa shape index (κ1) is 26.3. The number of amides is 1. The van der Waals surface area contributed by atoms with E-state index in [1.165, 1.54) is 6.20 Å². The van der Waals surface area contributed by atoms with Crippen molar-refractivity contribution in [3.8, 4) is 0 Å². The van der Waals surface area contributed by atoms with Crippen LogP contribution in [0, 0.1) is 6.92 Å². The number of hydrogen-bond donors (Lipinski definition) is 2. The van der Waals surface area contributed by atoms with Gasteiger partial charge in [0.15, 0.2) is 5.57 Å². The van der Waals surface area contributed by atoms with Crippen LogP contribution >= 0.6 is 15.9 Å². The van der Waals surface area contributed by atoms with Crippen molar-refractivity contribution in [3.05, 3.63) is 71.4 Å². The Bertz CT molecular complexity index is 1100. The van der Waals surface area contributed by atoms with Crippen molar-refractivity contribution in [2.45, 2.75) is 57.2 Å². The molecule has 0 bridgehead atoms. The van der Waals surface area contributed by atoms with E-state index in [0.29, 0.717) is 17.8 Å². The second-order valence-corrected chi connectivity index (χ2v) is 9.56. The lowest BCUT2D eigenvalue weighted by Crippen LogP contribution is -2.27. The number of alkyl halides is 1. The molecule has 1 saturated carbocycles. The first-order valence-corrected chi connectivity index (χ1v) is 12.3. The summed E-state index contributed by atoms with van der Waals surface area (Å²) >= 11 is 3.56. The maximum absolute atomic E-state index is 12.5. The summed E-state index contributed by atoms with van der Waals surface area (Å²) in [6, 6.07) is 14.6. The number of benzene rings is 2. The molecule has 0 heterocycles. The summed E-state index contributed by atoms with van der Waals surface area (Å²) in [6.45, 7) is 5.56. The largest absolute Gasteiger partial charge is 0.477 e. The van der Waals surface area contributed by atoms with Gasteiger partial charge < -0.3 is 19.5 Å². The van der Waals surface area contributed by atoms with Gasteiger partial charge in [0, 0.05) is 28.4 Å². The Balaban J connectivity index is 1.83. The van der Waals surface area contributed by atoms with Gasteiger partial charge in [-0.3, -0.25) is 5.32 Å². The number of aryl methyl sites for hydroxylation is 1. The zero-order valence-electron chi connectivity index (χ0n) is 19.9. The fraction of sp³-hybridized carbons (Fsp3) is 0.346. The third-order valence-electron chi connectivity index (χ3n) is 5.59. The smallest absolute Gasteiger partial charge is 0.411 e. The van der Waals surface area contributed by atoms with E-state index < -0.39 is 29.7 Å². The van der Waals surface area contributed by atoms with Gasteiger partial charge in [0.2, 0.25) is 0 Å². The van der Waals surface area contributed by atoms with E-state index in [-0.39, 0.29) is 17.5 Å².